The first-order chi connectivity index (χ1) is 9.32. The van der Waals surface area contributed by atoms with Gasteiger partial charge in [-0.2, -0.15) is 26.3 Å². The van der Waals surface area contributed by atoms with Crippen molar-refractivity contribution in [2.24, 2.45) is 5.92 Å². The summed E-state index contributed by atoms with van der Waals surface area (Å²) in [6.45, 7) is 0.500. The van der Waals surface area contributed by atoms with Crippen LogP contribution in [0.25, 0.3) is 0 Å². The minimum atomic E-state index is -5.83. The minimum Gasteiger partial charge on any atom is -0.480 e. The zero-order valence-corrected chi connectivity index (χ0v) is 10.9. The number of likely N-dealkylation sites (tertiary alicyclic amines) is 1. The second-order valence-corrected chi connectivity index (χ2v) is 5.04. The lowest BCUT2D eigenvalue weighted by Gasteiger charge is -2.43. The van der Waals surface area contributed by atoms with Crippen molar-refractivity contribution in [3.63, 3.8) is 0 Å². The van der Waals surface area contributed by atoms with Gasteiger partial charge in [-0.1, -0.05) is 0 Å². The van der Waals surface area contributed by atoms with Crippen LogP contribution in [0.4, 0.5) is 26.3 Å². The van der Waals surface area contributed by atoms with Crippen molar-refractivity contribution in [3.8, 4) is 0 Å². The summed E-state index contributed by atoms with van der Waals surface area (Å²) in [5.74, 6) is -8.10. The number of hydrogen-bond acceptors (Lipinski definition) is 2. The van der Waals surface area contributed by atoms with Gasteiger partial charge in [0.1, 0.15) is 5.54 Å². The molecular formula is C11H13F6NO3. The Balaban J connectivity index is 3.22. The third-order valence-corrected chi connectivity index (χ3v) is 3.52. The summed E-state index contributed by atoms with van der Waals surface area (Å²) in [7, 11) is 0. The molecule has 1 fully saturated rings. The van der Waals surface area contributed by atoms with Crippen LogP contribution in [0.2, 0.25) is 0 Å². The Kier molecular flexibility index (Phi) is 4.50. The average molecular weight is 321 g/mol. The van der Waals surface area contributed by atoms with Gasteiger partial charge in [-0.3, -0.25) is 4.79 Å². The molecule has 0 radical (unpaired) electrons. The van der Waals surface area contributed by atoms with E-state index < -0.39 is 42.2 Å². The quantitative estimate of drug-likeness (QED) is 0.795. The maximum Gasteiger partial charge on any atom is 0.409 e. The minimum absolute atomic E-state index is 0.150. The fraction of sp³-hybridized carbons (Fsp3) is 0.818. The maximum atomic E-state index is 12.6. The van der Waals surface area contributed by atoms with Gasteiger partial charge in [0, 0.05) is 6.54 Å². The van der Waals surface area contributed by atoms with Crippen LogP contribution in [0.3, 0.4) is 0 Å². The molecule has 0 saturated carbocycles. The maximum absolute atomic E-state index is 12.6. The molecule has 10 heteroatoms. The molecule has 1 saturated heterocycles. The normalized spacial score (nSPS) is 24.3. The molecule has 1 atom stereocenters. The van der Waals surface area contributed by atoms with E-state index in [-0.39, 0.29) is 17.7 Å². The van der Waals surface area contributed by atoms with Crippen LogP contribution in [-0.2, 0) is 9.59 Å². The first kappa shape index (κ1) is 17.6. The zero-order chi connectivity index (χ0) is 16.6. The highest BCUT2D eigenvalue weighted by Gasteiger charge is 2.64. The number of hydrogen-bond donors (Lipinski definition) is 1. The fourth-order valence-corrected chi connectivity index (χ4v) is 2.32. The van der Waals surface area contributed by atoms with Crippen molar-refractivity contribution >= 4 is 11.9 Å². The molecule has 122 valence electrons. The monoisotopic (exact) mass is 321 g/mol. The van der Waals surface area contributed by atoms with Crippen molar-refractivity contribution in [1.29, 1.82) is 0 Å². The van der Waals surface area contributed by atoms with E-state index >= 15 is 0 Å². The van der Waals surface area contributed by atoms with Gasteiger partial charge in [0.2, 0.25) is 11.8 Å². The molecule has 0 aromatic heterocycles. The van der Waals surface area contributed by atoms with Crippen LogP contribution in [0.1, 0.15) is 26.2 Å². The van der Waals surface area contributed by atoms with Gasteiger partial charge in [0.15, 0.2) is 0 Å². The summed E-state index contributed by atoms with van der Waals surface area (Å²) >= 11 is 0. The Bertz CT molecular complexity index is 419. The van der Waals surface area contributed by atoms with Gasteiger partial charge >= 0.3 is 18.3 Å². The van der Waals surface area contributed by atoms with Crippen molar-refractivity contribution in [3.05, 3.63) is 0 Å². The Morgan fingerprint density at radius 2 is 1.57 bits per heavy atom. The third-order valence-electron chi connectivity index (χ3n) is 3.52. The number of piperidine rings is 1. The topological polar surface area (TPSA) is 57.6 Å². The van der Waals surface area contributed by atoms with Crippen LogP contribution in [0.15, 0.2) is 0 Å². The zero-order valence-electron chi connectivity index (χ0n) is 10.9. The Hall–Kier alpha value is -1.48. The van der Waals surface area contributed by atoms with Crippen LogP contribution in [-0.4, -0.2) is 46.3 Å². The third kappa shape index (κ3) is 3.41. The number of amides is 1. The number of rotatable bonds is 2. The molecule has 1 unspecified atom stereocenters. The lowest BCUT2D eigenvalue weighted by atomic mass is 9.87. The predicted molar refractivity (Wildman–Crippen MR) is 57.2 cm³/mol. The van der Waals surface area contributed by atoms with Gasteiger partial charge in [0.25, 0.3) is 0 Å². The van der Waals surface area contributed by atoms with Gasteiger partial charge in [-0.25, -0.2) is 4.79 Å². The molecule has 0 aromatic rings. The van der Waals surface area contributed by atoms with Gasteiger partial charge in [-0.05, 0) is 26.2 Å². The van der Waals surface area contributed by atoms with E-state index in [1.165, 1.54) is 0 Å². The van der Waals surface area contributed by atoms with Crippen LogP contribution >= 0.6 is 0 Å². The van der Waals surface area contributed by atoms with Crippen molar-refractivity contribution in [2.45, 2.75) is 44.1 Å². The summed E-state index contributed by atoms with van der Waals surface area (Å²) in [6, 6.07) is 0. The lowest BCUT2D eigenvalue weighted by molar-refractivity contribution is -0.279. The van der Waals surface area contributed by atoms with E-state index in [0.29, 0.717) is 6.42 Å². The number of alkyl halides is 6. The molecule has 1 aliphatic heterocycles. The Morgan fingerprint density at radius 3 is 1.95 bits per heavy atom. The van der Waals surface area contributed by atoms with Crippen molar-refractivity contribution < 1.29 is 41.0 Å². The second kappa shape index (κ2) is 5.38. The van der Waals surface area contributed by atoms with Crippen LogP contribution in [0.5, 0.6) is 0 Å². The summed E-state index contributed by atoms with van der Waals surface area (Å²) in [5.41, 5.74) is -2.07. The number of nitrogens with zero attached hydrogens (tertiary/aromatic N) is 1. The summed E-state index contributed by atoms with van der Waals surface area (Å²) < 4.78 is 75.4. The molecule has 0 aliphatic carbocycles. The van der Waals surface area contributed by atoms with E-state index in [2.05, 4.69) is 0 Å². The van der Waals surface area contributed by atoms with Gasteiger partial charge in [-0.15, -0.1) is 0 Å². The molecule has 1 heterocycles. The Labute approximate surface area is 115 Å². The highest BCUT2D eigenvalue weighted by molar-refractivity contribution is 5.88. The van der Waals surface area contributed by atoms with E-state index in [0.717, 1.165) is 6.92 Å². The highest BCUT2D eigenvalue weighted by atomic mass is 19.4. The van der Waals surface area contributed by atoms with Crippen molar-refractivity contribution in [2.75, 3.05) is 6.54 Å². The average Bonchev–Trinajstić information content (AvgIpc) is 2.24. The molecule has 1 N–H and O–H groups in total. The van der Waals surface area contributed by atoms with E-state index in [1.807, 2.05) is 0 Å². The van der Waals surface area contributed by atoms with Crippen LogP contribution in [0, 0.1) is 5.92 Å². The molecule has 0 spiro atoms. The summed E-state index contributed by atoms with van der Waals surface area (Å²) in [6.07, 6.45) is -11.4. The van der Waals surface area contributed by atoms with E-state index in [4.69, 9.17) is 5.11 Å². The molecule has 0 aromatic carbocycles. The van der Waals surface area contributed by atoms with E-state index in [1.54, 1.807) is 0 Å². The van der Waals surface area contributed by atoms with Gasteiger partial charge in [0.05, 0.1) is 0 Å². The lowest BCUT2D eigenvalue weighted by Crippen LogP contribution is -2.61. The fourth-order valence-electron chi connectivity index (χ4n) is 2.32. The molecule has 1 amide bonds. The number of carbonyl (C=O) groups excluding carboxylic acids is 1. The number of carboxylic acids is 1. The number of aliphatic carboxylic acids is 1. The first-order valence-electron chi connectivity index (χ1n) is 6.00. The van der Waals surface area contributed by atoms with Crippen LogP contribution < -0.4 is 0 Å². The molecule has 1 rings (SSSR count). The molecule has 1 aliphatic rings. The van der Waals surface area contributed by atoms with E-state index in [9.17, 15) is 35.9 Å². The standard InChI is InChI=1S/C11H13F6NO3/c1-9(8(20)21)4-2-3-5-18(9)7(19)6(10(12,13)14)11(15,16)17/h6H,2-5H2,1H3,(H,20,21). The Morgan fingerprint density at radius 1 is 1.10 bits per heavy atom. The number of halogens is 6. The second-order valence-electron chi connectivity index (χ2n) is 5.04. The highest BCUT2D eigenvalue weighted by Crippen LogP contribution is 2.42. The van der Waals surface area contributed by atoms with Crippen molar-refractivity contribution in [1.82, 2.24) is 4.90 Å². The number of carboxylic acid groups (broad SMARTS) is 1. The largest absolute Gasteiger partial charge is 0.480 e. The molecule has 21 heavy (non-hydrogen) atoms. The molecule has 4 nitrogen and oxygen atoms in total. The first-order valence-corrected chi connectivity index (χ1v) is 6.00. The molecular weight excluding hydrogens is 308 g/mol. The summed E-state index contributed by atoms with van der Waals surface area (Å²) in [5, 5.41) is 9.05. The van der Waals surface area contributed by atoms with Gasteiger partial charge < -0.3 is 10.0 Å². The smallest absolute Gasteiger partial charge is 0.409 e. The SMILES string of the molecule is CC1(C(=O)O)CCCCN1C(=O)C(C(F)(F)F)C(F)(F)F. The number of carbonyl (C=O) groups is 2. The predicted octanol–water partition coefficient (Wildman–Crippen LogP) is 2.58. The molecule has 0 bridgehead atoms. The summed E-state index contributed by atoms with van der Waals surface area (Å²) in [4.78, 5) is 23.1.